The van der Waals surface area contributed by atoms with Gasteiger partial charge in [0, 0.05) is 42.2 Å². The highest BCUT2D eigenvalue weighted by molar-refractivity contribution is 5.91. The number of anilines is 2. The standard InChI is InChI=1S/C34H39N5O3/c1-21(40)36-25-9-11-26(12-10-25)37-33(42)38-34-16-22-13-23(17-34)28(24(14-22)18-34)8-4-5-27(41)15-31-29-6-2-3-7-30(29)32-19-35-20-39(31)32/h2-3,6-7,9-12,19-20,22-24,28,31H,4-5,8,13-18H2,1H3,(H,36,40)(H2,37,38,42). The fraction of sp³-hybridized carbons (Fsp3) is 0.471. The van der Waals surface area contributed by atoms with Gasteiger partial charge in [0.1, 0.15) is 5.78 Å². The molecule has 0 radical (unpaired) electrons. The van der Waals surface area contributed by atoms with Crippen LogP contribution in [0.3, 0.4) is 0 Å². The highest BCUT2D eigenvalue weighted by atomic mass is 16.2. The third-order valence-electron chi connectivity index (χ3n) is 10.3. The predicted molar refractivity (Wildman–Crippen MR) is 162 cm³/mol. The van der Waals surface area contributed by atoms with Gasteiger partial charge in [-0.1, -0.05) is 24.3 Å². The molecule has 4 bridgehead atoms. The van der Waals surface area contributed by atoms with E-state index in [0.717, 1.165) is 37.8 Å². The molecule has 3 unspecified atom stereocenters. The van der Waals surface area contributed by atoms with Crippen LogP contribution >= 0.6 is 0 Å². The molecule has 4 fully saturated rings. The van der Waals surface area contributed by atoms with Gasteiger partial charge in [-0.3, -0.25) is 9.59 Å². The van der Waals surface area contributed by atoms with Crippen molar-refractivity contribution >= 4 is 29.1 Å². The smallest absolute Gasteiger partial charge is 0.319 e. The molecule has 0 spiro atoms. The zero-order valence-corrected chi connectivity index (χ0v) is 24.1. The van der Waals surface area contributed by atoms with Gasteiger partial charge in [-0.05, 0) is 98.4 Å². The second kappa shape index (κ2) is 10.7. The number of benzene rings is 2. The Labute approximate surface area is 246 Å². The van der Waals surface area contributed by atoms with Crippen LogP contribution in [0.2, 0.25) is 0 Å². The zero-order chi connectivity index (χ0) is 28.8. The maximum atomic E-state index is 13.2. The van der Waals surface area contributed by atoms with Crippen LogP contribution in [0.4, 0.5) is 16.2 Å². The first-order valence-corrected chi connectivity index (χ1v) is 15.5. The highest BCUT2D eigenvalue weighted by Gasteiger charge is 2.55. The van der Waals surface area contributed by atoms with E-state index in [2.05, 4.69) is 43.7 Å². The molecule has 4 saturated carbocycles. The molecule has 218 valence electrons. The predicted octanol–water partition coefficient (Wildman–Crippen LogP) is 6.56. The third-order valence-corrected chi connectivity index (χ3v) is 10.3. The van der Waals surface area contributed by atoms with Gasteiger partial charge in [-0.2, -0.15) is 0 Å². The molecule has 8 nitrogen and oxygen atoms in total. The first-order chi connectivity index (χ1) is 20.4. The van der Waals surface area contributed by atoms with Gasteiger partial charge in [-0.25, -0.2) is 9.78 Å². The van der Waals surface area contributed by atoms with Crippen LogP contribution in [0.25, 0.3) is 11.3 Å². The molecule has 8 heteroatoms. The van der Waals surface area contributed by atoms with Crippen molar-refractivity contribution < 1.29 is 14.4 Å². The fourth-order valence-corrected chi connectivity index (χ4v) is 8.99. The highest BCUT2D eigenvalue weighted by Crippen LogP contribution is 2.59. The molecule has 3 N–H and O–H groups in total. The molecule has 0 saturated heterocycles. The van der Waals surface area contributed by atoms with E-state index in [0.29, 0.717) is 53.7 Å². The quantitative estimate of drug-likeness (QED) is 0.273. The molecular weight excluding hydrogens is 526 g/mol. The largest absolute Gasteiger partial charge is 0.332 e. The lowest BCUT2D eigenvalue weighted by molar-refractivity contribution is -0.120. The number of amides is 3. The van der Waals surface area contributed by atoms with Gasteiger partial charge in [0.05, 0.1) is 24.3 Å². The van der Waals surface area contributed by atoms with Gasteiger partial charge in [-0.15, -0.1) is 0 Å². The number of carbonyl (C=O) groups is 3. The van der Waals surface area contributed by atoms with Crippen molar-refractivity contribution in [2.75, 3.05) is 10.6 Å². The summed E-state index contributed by atoms with van der Waals surface area (Å²) >= 11 is 0. The van der Waals surface area contributed by atoms with E-state index in [1.807, 2.05) is 30.7 Å². The summed E-state index contributed by atoms with van der Waals surface area (Å²) in [5, 5.41) is 9.12. The van der Waals surface area contributed by atoms with E-state index in [-0.39, 0.29) is 23.5 Å². The van der Waals surface area contributed by atoms with E-state index in [1.165, 1.54) is 30.9 Å². The first kappa shape index (κ1) is 26.9. The minimum Gasteiger partial charge on any atom is -0.332 e. The minimum atomic E-state index is -0.152. The van der Waals surface area contributed by atoms with Gasteiger partial charge in [0.15, 0.2) is 0 Å². The number of imidazole rings is 1. The molecule has 42 heavy (non-hydrogen) atoms. The van der Waals surface area contributed by atoms with Gasteiger partial charge < -0.3 is 20.5 Å². The molecule has 1 aromatic heterocycles. The van der Waals surface area contributed by atoms with Crippen molar-refractivity contribution in [3.8, 4) is 11.3 Å². The number of carbonyl (C=O) groups excluding carboxylic acids is 3. The number of aromatic nitrogens is 2. The van der Waals surface area contributed by atoms with Crippen LogP contribution in [0, 0.1) is 23.7 Å². The molecular formula is C34H39N5O3. The van der Waals surface area contributed by atoms with Gasteiger partial charge >= 0.3 is 6.03 Å². The number of rotatable bonds is 9. The fourth-order valence-electron chi connectivity index (χ4n) is 8.99. The number of fused-ring (bicyclic) bond motifs is 3. The minimum absolute atomic E-state index is 0.0552. The van der Waals surface area contributed by atoms with Gasteiger partial charge in [0.25, 0.3) is 0 Å². The van der Waals surface area contributed by atoms with E-state index in [4.69, 9.17) is 0 Å². The van der Waals surface area contributed by atoms with Crippen LogP contribution in [0.1, 0.15) is 76.3 Å². The monoisotopic (exact) mass is 565 g/mol. The van der Waals surface area contributed by atoms with E-state index >= 15 is 0 Å². The number of hydrogen-bond donors (Lipinski definition) is 3. The summed E-state index contributed by atoms with van der Waals surface area (Å²) < 4.78 is 2.16. The zero-order valence-electron chi connectivity index (χ0n) is 24.1. The van der Waals surface area contributed by atoms with Crippen LogP contribution < -0.4 is 16.0 Å². The maximum absolute atomic E-state index is 13.2. The van der Waals surface area contributed by atoms with Crippen molar-refractivity contribution in [3.63, 3.8) is 0 Å². The summed E-state index contributed by atoms with van der Waals surface area (Å²) in [6.07, 6.45) is 12.6. The Kier molecular flexibility index (Phi) is 6.87. The van der Waals surface area contributed by atoms with Crippen molar-refractivity contribution in [1.29, 1.82) is 0 Å². The number of nitrogens with one attached hydrogen (secondary N) is 3. The molecule has 2 aromatic carbocycles. The van der Waals surface area contributed by atoms with Crippen LogP contribution in [0.15, 0.2) is 61.1 Å². The number of urea groups is 1. The van der Waals surface area contributed by atoms with E-state index in [9.17, 15) is 14.4 Å². The normalized spacial score (nSPS) is 28.2. The molecule has 8 rings (SSSR count). The average molecular weight is 566 g/mol. The summed E-state index contributed by atoms with van der Waals surface area (Å²) in [5.74, 6) is 2.80. The van der Waals surface area contributed by atoms with Crippen LogP contribution in [0.5, 0.6) is 0 Å². The topological polar surface area (TPSA) is 105 Å². The SMILES string of the molecule is CC(=O)Nc1ccc(NC(=O)NC23CC4CC(C2)C(CCCC(=O)CC2c5ccccc5-c5cncn52)C(C4)C3)cc1. The Morgan fingerprint density at radius 1 is 0.952 bits per heavy atom. The summed E-state index contributed by atoms with van der Waals surface area (Å²) in [6, 6.07) is 15.5. The van der Waals surface area contributed by atoms with E-state index in [1.54, 1.807) is 12.1 Å². The van der Waals surface area contributed by atoms with E-state index < -0.39 is 0 Å². The number of hydrogen-bond acceptors (Lipinski definition) is 4. The van der Waals surface area contributed by atoms with Crippen LogP contribution in [-0.2, 0) is 9.59 Å². The van der Waals surface area contributed by atoms with Crippen molar-refractivity contribution in [3.05, 3.63) is 66.6 Å². The summed E-state index contributed by atoms with van der Waals surface area (Å²) in [7, 11) is 0. The molecule has 1 aliphatic heterocycles. The Morgan fingerprint density at radius 3 is 2.40 bits per heavy atom. The Bertz CT molecular complexity index is 1500. The molecule has 2 heterocycles. The maximum Gasteiger partial charge on any atom is 0.319 e. The lowest BCUT2D eigenvalue weighted by atomic mass is 9.48. The number of ketones is 1. The summed E-state index contributed by atoms with van der Waals surface area (Å²) in [4.78, 5) is 41.8. The number of Topliss-reactive ketones (excluding diaryl/α,β-unsaturated/α-hetero) is 1. The Morgan fingerprint density at radius 2 is 1.67 bits per heavy atom. The number of nitrogens with zero attached hydrogens (tertiary/aromatic N) is 2. The average Bonchev–Trinajstić information content (AvgIpc) is 3.53. The molecule has 3 atom stereocenters. The second-order valence-corrected chi connectivity index (χ2v) is 13.2. The van der Waals surface area contributed by atoms with Gasteiger partial charge in [0.2, 0.25) is 5.91 Å². The summed E-state index contributed by atoms with van der Waals surface area (Å²) in [6.45, 7) is 1.47. The Balaban J connectivity index is 0.918. The lowest BCUT2D eigenvalue weighted by Gasteiger charge is -2.60. The van der Waals surface area contributed by atoms with Crippen LogP contribution in [-0.4, -0.2) is 32.8 Å². The lowest BCUT2D eigenvalue weighted by Crippen LogP contribution is -2.62. The van der Waals surface area contributed by atoms with Crippen molar-refractivity contribution in [1.82, 2.24) is 14.9 Å². The molecule has 5 aliphatic rings. The van der Waals surface area contributed by atoms with Crippen molar-refractivity contribution in [2.45, 2.75) is 76.3 Å². The Hall–Kier alpha value is -3.94. The molecule has 3 aromatic rings. The first-order valence-electron chi connectivity index (χ1n) is 15.5. The third kappa shape index (κ3) is 5.12. The van der Waals surface area contributed by atoms with Crippen molar-refractivity contribution in [2.24, 2.45) is 23.7 Å². The molecule has 3 amide bonds. The summed E-state index contributed by atoms with van der Waals surface area (Å²) in [5.41, 5.74) is 4.82. The molecule has 4 aliphatic carbocycles. The second-order valence-electron chi connectivity index (χ2n) is 13.2.